The van der Waals surface area contributed by atoms with E-state index in [1.54, 1.807) is 6.20 Å². The fourth-order valence-corrected chi connectivity index (χ4v) is 4.94. The zero-order chi connectivity index (χ0) is 18.4. The molecule has 3 fully saturated rings. The van der Waals surface area contributed by atoms with E-state index < -0.39 is 0 Å². The average molecular weight is 361 g/mol. The molecule has 5 heterocycles. The van der Waals surface area contributed by atoms with Crippen molar-refractivity contribution in [3.05, 3.63) is 66.2 Å². The number of nitrogens with zero attached hydrogens (tertiary/aromatic N) is 2. The molecule has 3 aliphatic heterocycles. The van der Waals surface area contributed by atoms with E-state index in [2.05, 4.69) is 28.2 Å². The Morgan fingerprint density at radius 3 is 2.78 bits per heavy atom. The number of hydrogen-bond acceptors (Lipinski definition) is 4. The Labute approximate surface area is 158 Å². The summed E-state index contributed by atoms with van der Waals surface area (Å²) in [5.74, 6) is 0.704. The van der Waals surface area contributed by atoms with Crippen LogP contribution < -0.4 is 5.32 Å². The lowest BCUT2D eigenvalue weighted by molar-refractivity contribution is -0.0531. The van der Waals surface area contributed by atoms with E-state index in [1.807, 2.05) is 42.6 Å². The van der Waals surface area contributed by atoms with Crippen molar-refractivity contribution in [2.45, 2.75) is 31.3 Å². The van der Waals surface area contributed by atoms with Crippen LogP contribution in [0, 0.1) is 5.92 Å². The van der Waals surface area contributed by atoms with E-state index in [-0.39, 0.29) is 17.5 Å². The molecule has 5 nitrogen and oxygen atoms in total. The molecule has 1 N–H and O–H groups in total. The summed E-state index contributed by atoms with van der Waals surface area (Å²) in [6.45, 7) is 4.36. The van der Waals surface area contributed by atoms with Gasteiger partial charge in [0.05, 0.1) is 11.6 Å². The predicted molar refractivity (Wildman–Crippen MR) is 103 cm³/mol. The molecule has 3 aromatic rings. The van der Waals surface area contributed by atoms with E-state index in [0.717, 1.165) is 42.5 Å². The molecule has 6 rings (SSSR count). The Morgan fingerprint density at radius 2 is 2.04 bits per heavy atom. The van der Waals surface area contributed by atoms with Gasteiger partial charge in [-0.25, -0.2) is 0 Å². The molecule has 2 atom stereocenters. The maximum absolute atomic E-state index is 13.0. The van der Waals surface area contributed by atoms with Gasteiger partial charge in [0.1, 0.15) is 5.58 Å². The number of fused-ring (bicyclic) bond motifs is 4. The summed E-state index contributed by atoms with van der Waals surface area (Å²) in [6.07, 6.45) is 5.95. The molecule has 0 spiro atoms. The molecule has 5 heteroatoms. The second-order valence-corrected chi connectivity index (χ2v) is 7.81. The Hall–Kier alpha value is -2.66. The van der Waals surface area contributed by atoms with E-state index in [4.69, 9.17) is 4.42 Å². The van der Waals surface area contributed by atoms with Gasteiger partial charge in [-0.15, -0.1) is 0 Å². The van der Waals surface area contributed by atoms with Crippen molar-refractivity contribution >= 4 is 16.9 Å². The first-order chi connectivity index (χ1) is 13.2. The summed E-state index contributed by atoms with van der Waals surface area (Å²) in [7, 11) is 0. The minimum atomic E-state index is -0.253. The first-order valence-corrected chi connectivity index (χ1v) is 9.61. The molecule has 27 heavy (non-hydrogen) atoms. The van der Waals surface area contributed by atoms with E-state index in [0.29, 0.717) is 11.7 Å². The van der Waals surface area contributed by atoms with Crippen molar-refractivity contribution in [1.82, 2.24) is 15.2 Å². The second kappa shape index (κ2) is 6.20. The van der Waals surface area contributed by atoms with E-state index >= 15 is 0 Å². The van der Waals surface area contributed by atoms with Crippen LogP contribution in [0.4, 0.5) is 0 Å². The SMILES string of the molecule is CC1(c2cccnc2)C(NC(=O)c2cc3ccccc3o2)C2CCN1CC2. The smallest absolute Gasteiger partial charge is 0.287 e. The quantitative estimate of drug-likeness (QED) is 0.775. The number of benzene rings is 1. The third-order valence-corrected chi connectivity index (χ3v) is 6.46. The van der Waals surface area contributed by atoms with Crippen LogP contribution in [0.1, 0.15) is 35.9 Å². The fourth-order valence-electron chi connectivity index (χ4n) is 4.94. The third-order valence-electron chi connectivity index (χ3n) is 6.46. The predicted octanol–water partition coefficient (Wildman–Crippen LogP) is 3.57. The lowest BCUT2D eigenvalue weighted by atomic mass is 9.68. The lowest BCUT2D eigenvalue weighted by Gasteiger charge is -2.58. The van der Waals surface area contributed by atoms with E-state index in [9.17, 15) is 4.79 Å². The van der Waals surface area contributed by atoms with Crippen molar-refractivity contribution in [3.8, 4) is 0 Å². The van der Waals surface area contributed by atoms with Crippen LogP contribution in [0.2, 0.25) is 0 Å². The highest BCUT2D eigenvalue weighted by molar-refractivity contribution is 5.96. The highest BCUT2D eigenvalue weighted by atomic mass is 16.3. The summed E-state index contributed by atoms with van der Waals surface area (Å²) in [4.78, 5) is 19.9. The molecule has 3 saturated heterocycles. The largest absolute Gasteiger partial charge is 0.451 e. The van der Waals surface area contributed by atoms with Crippen molar-refractivity contribution in [3.63, 3.8) is 0 Å². The number of nitrogens with one attached hydrogen (secondary N) is 1. The molecule has 0 saturated carbocycles. The highest BCUT2D eigenvalue weighted by Gasteiger charge is 2.52. The molecule has 2 unspecified atom stereocenters. The molecule has 3 aliphatic rings. The first kappa shape index (κ1) is 16.5. The third kappa shape index (κ3) is 2.57. The average Bonchev–Trinajstić information content (AvgIpc) is 3.16. The fraction of sp³-hybridized carbons (Fsp3) is 0.364. The summed E-state index contributed by atoms with van der Waals surface area (Å²) >= 11 is 0. The van der Waals surface area contributed by atoms with Crippen molar-refractivity contribution in [1.29, 1.82) is 0 Å². The Bertz CT molecular complexity index is 942. The molecule has 2 bridgehead atoms. The van der Waals surface area contributed by atoms with Crippen LogP contribution in [0.25, 0.3) is 11.0 Å². The van der Waals surface area contributed by atoms with Gasteiger partial charge >= 0.3 is 0 Å². The van der Waals surface area contributed by atoms with Gasteiger partial charge in [0.2, 0.25) is 0 Å². The number of para-hydroxylation sites is 1. The van der Waals surface area contributed by atoms with Gasteiger partial charge < -0.3 is 9.73 Å². The maximum Gasteiger partial charge on any atom is 0.287 e. The zero-order valence-electron chi connectivity index (χ0n) is 15.4. The summed E-state index contributed by atoms with van der Waals surface area (Å²) in [5, 5.41) is 4.27. The highest BCUT2D eigenvalue weighted by Crippen LogP contribution is 2.45. The zero-order valence-corrected chi connectivity index (χ0v) is 15.4. The summed E-state index contributed by atoms with van der Waals surface area (Å²) in [6, 6.07) is 13.7. The van der Waals surface area contributed by atoms with Gasteiger partial charge in [0.15, 0.2) is 5.76 Å². The Morgan fingerprint density at radius 1 is 1.22 bits per heavy atom. The summed E-state index contributed by atoms with van der Waals surface area (Å²) in [5.41, 5.74) is 1.65. The molecule has 0 radical (unpaired) electrons. The number of amides is 1. The van der Waals surface area contributed by atoms with Gasteiger partial charge in [-0.05, 0) is 62.5 Å². The van der Waals surface area contributed by atoms with Crippen molar-refractivity contribution < 1.29 is 9.21 Å². The minimum Gasteiger partial charge on any atom is -0.451 e. The number of carbonyl (C=O) groups excluding carboxylic acids is 1. The molecule has 1 aromatic carbocycles. The topological polar surface area (TPSA) is 58.4 Å². The molecular formula is C22H23N3O2. The van der Waals surface area contributed by atoms with Crippen LogP contribution in [0.15, 0.2) is 59.3 Å². The second-order valence-electron chi connectivity index (χ2n) is 7.81. The van der Waals surface area contributed by atoms with E-state index in [1.165, 1.54) is 0 Å². The molecule has 138 valence electrons. The molecule has 2 aromatic heterocycles. The normalized spacial score (nSPS) is 29.7. The minimum absolute atomic E-state index is 0.0323. The van der Waals surface area contributed by atoms with Gasteiger partial charge in [0, 0.05) is 17.8 Å². The van der Waals surface area contributed by atoms with Crippen LogP contribution in [0.5, 0.6) is 0 Å². The summed E-state index contributed by atoms with van der Waals surface area (Å²) < 4.78 is 5.79. The van der Waals surface area contributed by atoms with Gasteiger partial charge in [-0.3, -0.25) is 14.7 Å². The Balaban J connectivity index is 1.49. The van der Waals surface area contributed by atoms with Gasteiger partial charge in [-0.1, -0.05) is 24.3 Å². The van der Waals surface area contributed by atoms with Gasteiger partial charge in [-0.2, -0.15) is 0 Å². The standard InChI is InChI=1S/C22H23N3O2/c1-22(17-6-4-10-23-14-17)20(15-8-11-25(22)12-9-15)24-21(26)19-13-16-5-2-3-7-18(16)27-19/h2-7,10,13-15,20H,8-9,11-12H2,1H3,(H,24,26). The van der Waals surface area contributed by atoms with Crippen molar-refractivity contribution in [2.75, 3.05) is 13.1 Å². The van der Waals surface area contributed by atoms with Crippen LogP contribution in [-0.4, -0.2) is 34.9 Å². The van der Waals surface area contributed by atoms with Gasteiger partial charge in [0.25, 0.3) is 5.91 Å². The number of rotatable bonds is 3. The monoisotopic (exact) mass is 361 g/mol. The number of carbonyl (C=O) groups is 1. The number of piperidine rings is 3. The lowest BCUT2D eigenvalue weighted by Crippen LogP contribution is -2.68. The van der Waals surface area contributed by atoms with Crippen LogP contribution in [0.3, 0.4) is 0 Å². The van der Waals surface area contributed by atoms with Crippen LogP contribution >= 0.6 is 0 Å². The maximum atomic E-state index is 13.0. The Kier molecular flexibility index (Phi) is 3.79. The number of hydrogen-bond donors (Lipinski definition) is 1. The number of pyridine rings is 1. The first-order valence-electron chi connectivity index (χ1n) is 9.61. The number of furan rings is 1. The molecule has 1 amide bonds. The molecular weight excluding hydrogens is 338 g/mol. The number of aromatic nitrogens is 1. The molecule has 0 aliphatic carbocycles. The van der Waals surface area contributed by atoms with Crippen molar-refractivity contribution in [2.24, 2.45) is 5.92 Å². The van der Waals surface area contributed by atoms with Crippen LogP contribution in [-0.2, 0) is 5.54 Å².